The number of amides is 1. The van der Waals surface area contributed by atoms with Crippen LogP contribution < -0.4 is 11.1 Å². The van der Waals surface area contributed by atoms with Crippen LogP contribution in [-0.4, -0.2) is 27.1 Å². The Kier molecular flexibility index (Phi) is 6.45. The Morgan fingerprint density at radius 1 is 1.36 bits per heavy atom. The summed E-state index contributed by atoms with van der Waals surface area (Å²) in [4.78, 5) is 20.1. The Labute approximate surface area is 135 Å². The second kappa shape index (κ2) is 7.86. The van der Waals surface area contributed by atoms with Crippen molar-refractivity contribution in [2.24, 2.45) is 11.7 Å². The third kappa shape index (κ3) is 4.25. The summed E-state index contributed by atoms with van der Waals surface area (Å²) in [5, 5.41) is 6.75. The molecule has 0 aliphatic heterocycles. The fourth-order valence-electron chi connectivity index (χ4n) is 1.77. The molecule has 2 heterocycles. The lowest BCUT2D eigenvalue weighted by Gasteiger charge is -2.19. The van der Waals surface area contributed by atoms with Gasteiger partial charge in [-0.05, 0) is 25.0 Å². The Bertz CT molecular complexity index is 600. The maximum Gasteiger partial charge on any atom is 0.249 e. The van der Waals surface area contributed by atoms with Gasteiger partial charge in [0.05, 0.1) is 6.04 Å². The highest BCUT2D eigenvalue weighted by Crippen LogP contribution is 2.23. The summed E-state index contributed by atoms with van der Waals surface area (Å²) in [6.07, 6.45) is 3.32. The van der Waals surface area contributed by atoms with Crippen molar-refractivity contribution in [2.45, 2.75) is 32.9 Å². The molecule has 22 heavy (non-hydrogen) atoms. The number of aromatic nitrogens is 3. The quantitative estimate of drug-likeness (QED) is 0.866. The second-order valence-electron chi connectivity index (χ2n) is 5.22. The van der Waals surface area contributed by atoms with Crippen LogP contribution in [0.1, 0.15) is 32.7 Å². The van der Waals surface area contributed by atoms with Crippen LogP contribution in [0.3, 0.4) is 0 Å². The summed E-state index contributed by atoms with van der Waals surface area (Å²) >= 11 is 0. The molecule has 120 valence electrons. The standard InChI is InChI=1S/C14H19N5O2.ClH/c1-8(2)11(17-13(20)9(3)15)14-18-12(19-21-14)10-5-4-6-16-7-10;/h4-9,11H,15H2,1-3H3,(H,17,20);1H. The van der Waals surface area contributed by atoms with Gasteiger partial charge in [0, 0.05) is 18.0 Å². The topological polar surface area (TPSA) is 107 Å². The van der Waals surface area contributed by atoms with E-state index in [0.717, 1.165) is 5.56 Å². The van der Waals surface area contributed by atoms with E-state index in [0.29, 0.717) is 11.7 Å². The summed E-state index contributed by atoms with van der Waals surface area (Å²) in [5.41, 5.74) is 6.33. The molecule has 0 radical (unpaired) electrons. The summed E-state index contributed by atoms with van der Waals surface area (Å²) in [6, 6.07) is 2.67. The zero-order valence-electron chi connectivity index (χ0n) is 12.7. The zero-order chi connectivity index (χ0) is 15.4. The zero-order valence-corrected chi connectivity index (χ0v) is 13.5. The van der Waals surface area contributed by atoms with E-state index in [2.05, 4.69) is 20.4 Å². The molecule has 0 fully saturated rings. The first-order valence-corrected chi connectivity index (χ1v) is 6.79. The van der Waals surface area contributed by atoms with Crippen molar-refractivity contribution in [3.8, 4) is 11.4 Å². The summed E-state index contributed by atoms with van der Waals surface area (Å²) in [7, 11) is 0. The number of nitrogens with zero attached hydrogens (tertiary/aromatic N) is 3. The van der Waals surface area contributed by atoms with Crippen LogP contribution in [-0.2, 0) is 4.79 Å². The molecule has 0 aliphatic rings. The van der Waals surface area contributed by atoms with E-state index in [-0.39, 0.29) is 30.3 Å². The smallest absolute Gasteiger partial charge is 0.249 e. The lowest BCUT2D eigenvalue weighted by atomic mass is 10.0. The molecule has 0 saturated carbocycles. The number of pyridine rings is 1. The molecule has 0 aliphatic carbocycles. The maximum atomic E-state index is 11.8. The molecule has 0 bridgehead atoms. The number of nitrogens with two attached hydrogens (primary N) is 1. The Morgan fingerprint density at radius 3 is 2.64 bits per heavy atom. The first-order valence-electron chi connectivity index (χ1n) is 6.79. The molecular weight excluding hydrogens is 306 g/mol. The molecule has 2 unspecified atom stereocenters. The Balaban J connectivity index is 0.00000242. The molecule has 0 saturated heterocycles. The highest BCUT2D eigenvalue weighted by Gasteiger charge is 2.25. The van der Waals surface area contributed by atoms with Crippen molar-refractivity contribution < 1.29 is 9.32 Å². The fourth-order valence-corrected chi connectivity index (χ4v) is 1.77. The molecule has 1 amide bonds. The van der Waals surface area contributed by atoms with Gasteiger partial charge in [-0.25, -0.2) is 0 Å². The first kappa shape index (κ1) is 18.1. The Hall–Kier alpha value is -1.99. The van der Waals surface area contributed by atoms with Crippen molar-refractivity contribution >= 4 is 18.3 Å². The van der Waals surface area contributed by atoms with E-state index in [1.807, 2.05) is 19.9 Å². The lowest BCUT2D eigenvalue weighted by molar-refractivity contribution is -0.123. The molecule has 2 aromatic heterocycles. The molecule has 2 rings (SSSR count). The highest BCUT2D eigenvalue weighted by molar-refractivity contribution is 5.85. The fraction of sp³-hybridized carbons (Fsp3) is 0.429. The number of carbonyl (C=O) groups excluding carboxylic acids is 1. The van der Waals surface area contributed by atoms with Crippen molar-refractivity contribution in [1.29, 1.82) is 0 Å². The van der Waals surface area contributed by atoms with Gasteiger partial charge in [-0.1, -0.05) is 19.0 Å². The maximum absolute atomic E-state index is 11.8. The van der Waals surface area contributed by atoms with E-state index in [1.165, 1.54) is 0 Å². The van der Waals surface area contributed by atoms with Gasteiger partial charge in [0.25, 0.3) is 0 Å². The number of carbonyl (C=O) groups is 1. The van der Waals surface area contributed by atoms with Gasteiger partial charge in [0.15, 0.2) is 0 Å². The van der Waals surface area contributed by atoms with Gasteiger partial charge < -0.3 is 15.6 Å². The van der Waals surface area contributed by atoms with Gasteiger partial charge in [-0.2, -0.15) is 4.98 Å². The van der Waals surface area contributed by atoms with Gasteiger partial charge in [-0.3, -0.25) is 9.78 Å². The van der Waals surface area contributed by atoms with Crippen molar-refractivity contribution in [1.82, 2.24) is 20.4 Å². The van der Waals surface area contributed by atoms with Gasteiger partial charge in [0.2, 0.25) is 17.6 Å². The normalized spacial score (nSPS) is 13.3. The second-order valence-corrected chi connectivity index (χ2v) is 5.22. The van der Waals surface area contributed by atoms with Gasteiger partial charge >= 0.3 is 0 Å². The summed E-state index contributed by atoms with van der Waals surface area (Å²) in [6.45, 7) is 5.54. The molecule has 0 aromatic carbocycles. The number of rotatable bonds is 5. The number of hydrogen-bond acceptors (Lipinski definition) is 6. The monoisotopic (exact) mass is 325 g/mol. The molecular formula is C14H20ClN5O2. The lowest BCUT2D eigenvalue weighted by Crippen LogP contribution is -2.41. The average Bonchev–Trinajstić information content (AvgIpc) is 2.94. The van der Waals surface area contributed by atoms with E-state index in [1.54, 1.807) is 25.4 Å². The highest BCUT2D eigenvalue weighted by atomic mass is 35.5. The van der Waals surface area contributed by atoms with Crippen LogP contribution in [0.5, 0.6) is 0 Å². The molecule has 2 atom stereocenters. The summed E-state index contributed by atoms with van der Waals surface area (Å²) < 4.78 is 5.28. The van der Waals surface area contributed by atoms with Gasteiger partial charge in [-0.15, -0.1) is 12.4 Å². The molecule has 8 heteroatoms. The Morgan fingerprint density at radius 2 is 2.09 bits per heavy atom. The van der Waals surface area contributed by atoms with E-state index in [4.69, 9.17) is 10.3 Å². The third-order valence-electron chi connectivity index (χ3n) is 3.01. The summed E-state index contributed by atoms with van der Waals surface area (Å²) in [5.74, 6) is 0.640. The SMILES string of the molecule is CC(N)C(=O)NC(c1nc(-c2cccnc2)no1)C(C)C.Cl. The molecule has 7 nitrogen and oxygen atoms in total. The minimum atomic E-state index is -0.591. The van der Waals surface area contributed by atoms with Crippen LogP contribution in [0.15, 0.2) is 29.0 Å². The minimum absolute atomic E-state index is 0. The van der Waals surface area contributed by atoms with Crippen molar-refractivity contribution in [3.63, 3.8) is 0 Å². The minimum Gasteiger partial charge on any atom is -0.343 e. The molecule has 0 spiro atoms. The third-order valence-corrected chi connectivity index (χ3v) is 3.01. The van der Waals surface area contributed by atoms with Crippen LogP contribution in [0.4, 0.5) is 0 Å². The van der Waals surface area contributed by atoms with Crippen LogP contribution in [0, 0.1) is 5.92 Å². The number of nitrogens with one attached hydrogen (secondary N) is 1. The van der Waals surface area contributed by atoms with E-state index >= 15 is 0 Å². The largest absolute Gasteiger partial charge is 0.343 e. The first-order chi connectivity index (χ1) is 9.99. The van der Waals surface area contributed by atoms with Crippen LogP contribution in [0.25, 0.3) is 11.4 Å². The predicted molar refractivity (Wildman–Crippen MR) is 84.1 cm³/mol. The number of halogens is 1. The van der Waals surface area contributed by atoms with Crippen LogP contribution in [0.2, 0.25) is 0 Å². The van der Waals surface area contributed by atoms with Gasteiger partial charge in [0.1, 0.15) is 6.04 Å². The molecule has 3 N–H and O–H groups in total. The van der Waals surface area contributed by atoms with Crippen molar-refractivity contribution in [2.75, 3.05) is 0 Å². The predicted octanol–water partition coefficient (Wildman–Crippen LogP) is 1.71. The number of hydrogen-bond donors (Lipinski definition) is 2. The van der Waals surface area contributed by atoms with Crippen molar-refractivity contribution in [3.05, 3.63) is 30.4 Å². The van der Waals surface area contributed by atoms with E-state index < -0.39 is 6.04 Å². The van der Waals surface area contributed by atoms with Crippen LogP contribution >= 0.6 is 12.4 Å². The molecule has 2 aromatic rings. The average molecular weight is 326 g/mol. The van der Waals surface area contributed by atoms with E-state index in [9.17, 15) is 4.79 Å².